The number of hydrogen-bond donors (Lipinski definition) is 1. The van der Waals surface area contributed by atoms with Crippen LogP contribution in [0, 0.1) is 13.8 Å². The lowest BCUT2D eigenvalue weighted by molar-refractivity contribution is -0.140. The van der Waals surface area contributed by atoms with E-state index in [9.17, 15) is 18.0 Å². The molecule has 0 radical (unpaired) electrons. The number of nitrogens with zero attached hydrogens (tertiary/aromatic N) is 2. The number of methoxy groups -OCH3 is 1. The Morgan fingerprint density at radius 3 is 2.27 bits per heavy atom. The molecule has 2 amide bonds. The van der Waals surface area contributed by atoms with Gasteiger partial charge in [-0.05, 0) is 79.8 Å². The summed E-state index contributed by atoms with van der Waals surface area (Å²) in [5, 5.41) is 3.57. The lowest BCUT2D eigenvalue weighted by atomic mass is 9.94. The van der Waals surface area contributed by atoms with Gasteiger partial charge in [0.2, 0.25) is 11.8 Å². The number of anilines is 1. The maximum Gasteiger partial charge on any atom is 0.264 e. The second-order valence-electron chi connectivity index (χ2n) is 12.7. The number of hydrogen-bond acceptors (Lipinski definition) is 5. The van der Waals surface area contributed by atoms with Crippen LogP contribution in [0.2, 0.25) is 5.02 Å². The van der Waals surface area contributed by atoms with E-state index in [1.165, 1.54) is 17.0 Å². The predicted molar refractivity (Wildman–Crippen MR) is 194 cm³/mol. The maximum absolute atomic E-state index is 14.8. The predicted octanol–water partition coefficient (Wildman–Crippen LogP) is 7.25. The zero-order valence-corrected chi connectivity index (χ0v) is 29.8. The molecule has 4 aromatic rings. The highest BCUT2D eigenvalue weighted by Gasteiger charge is 2.36. The Morgan fingerprint density at radius 1 is 0.878 bits per heavy atom. The molecule has 8 nitrogen and oxygen atoms in total. The average molecular weight is 702 g/mol. The molecule has 258 valence electrons. The number of amides is 2. The Labute approximate surface area is 295 Å². The third-order valence-electron chi connectivity index (χ3n) is 9.04. The van der Waals surface area contributed by atoms with Crippen molar-refractivity contribution in [3.63, 3.8) is 0 Å². The standard InChI is InChI=1S/C39H44ClN3O5S/c1-28-17-21-35(22-18-28)49(46,47)43(36-25-32(40)20-19-29(36)2)27-38(44)42(26-31-13-10-16-34(23-31)48-3)37(24-30-11-6-4-7-12-30)39(45)41-33-14-8-5-9-15-33/h4,6-7,10-13,16-23,25,33,37H,5,8-9,14-15,24,26-27H2,1-3H3,(H,41,45)/t37-/m0/s1. The van der Waals surface area contributed by atoms with Gasteiger partial charge in [-0.15, -0.1) is 0 Å². The summed E-state index contributed by atoms with van der Waals surface area (Å²) in [6, 6.07) is 27.4. The van der Waals surface area contributed by atoms with Crippen molar-refractivity contribution in [2.24, 2.45) is 0 Å². The van der Waals surface area contributed by atoms with Gasteiger partial charge in [0.1, 0.15) is 18.3 Å². The van der Waals surface area contributed by atoms with Crippen molar-refractivity contribution >= 4 is 39.1 Å². The number of rotatable bonds is 13. The van der Waals surface area contributed by atoms with Crippen molar-refractivity contribution in [3.8, 4) is 5.75 Å². The summed E-state index contributed by atoms with van der Waals surface area (Å²) < 4.78 is 35.3. The molecule has 4 aromatic carbocycles. The highest BCUT2D eigenvalue weighted by molar-refractivity contribution is 7.92. The number of benzene rings is 4. The molecule has 0 heterocycles. The van der Waals surface area contributed by atoms with E-state index in [4.69, 9.17) is 16.3 Å². The zero-order chi connectivity index (χ0) is 35.0. The van der Waals surface area contributed by atoms with Crippen LogP contribution in [-0.4, -0.2) is 50.9 Å². The molecular formula is C39H44ClN3O5S. The third kappa shape index (κ3) is 9.22. The average Bonchev–Trinajstić information content (AvgIpc) is 3.10. The highest BCUT2D eigenvalue weighted by atomic mass is 35.5. The third-order valence-corrected chi connectivity index (χ3v) is 11.0. The van der Waals surface area contributed by atoms with Gasteiger partial charge < -0.3 is 15.0 Å². The molecule has 49 heavy (non-hydrogen) atoms. The summed E-state index contributed by atoms with van der Waals surface area (Å²) in [4.78, 5) is 30.7. The Hall–Kier alpha value is -4.34. The fourth-order valence-electron chi connectivity index (χ4n) is 6.27. The molecule has 0 spiro atoms. The SMILES string of the molecule is COc1cccc(CN(C(=O)CN(c2cc(Cl)ccc2C)S(=O)(=O)c2ccc(C)cc2)[C@@H](Cc2ccccc2)C(=O)NC2CCCCC2)c1. The van der Waals surface area contributed by atoms with Crippen molar-refractivity contribution in [2.75, 3.05) is 18.0 Å². The lowest BCUT2D eigenvalue weighted by Gasteiger charge is -2.35. The van der Waals surface area contributed by atoms with Gasteiger partial charge in [-0.3, -0.25) is 13.9 Å². The number of carbonyl (C=O) groups excluding carboxylic acids is 2. The van der Waals surface area contributed by atoms with E-state index < -0.39 is 28.5 Å². The van der Waals surface area contributed by atoms with Gasteiger partial charge >= 0.3 is 0 Å². The van der Waals surface area contributed by atoms with Gasteiger partial charge in [0.05, 0.1) is 17.7 Å². The van der Waals surface area contributed by atoms with Gasteiger partial charge in [0.25, 0.3) is 10.0 Å². The summed E-state index contributed by atoms with van der Waals surface area (Å²) >= 11 is 6.41. The molecule has 0 saturated heterocycles. The second-order valence-corrected chi connectivity index (χ2v) is 15.0. The first kappa shape index (κ1) is 36.0. The number of carbonyl (C=O) groups is 2. The van der Waals surface area contributed by atoms with Crippen LogP contribution in [0.25, 0.3) is 0 Å². The molecule has 0 unspecified atom stereocenters. The molecule has 1 fully saturated rings. The van der Waals surface area contributed by atoms with Crippen LogP contribution in [0.3, 0.4) is 0 Å². The summed E-state index contributed by atoms with van der Waals surface area (Å²) in [6.07, 6.45) is 5.20. The summed E-state index contributed by atoms with van der Waals surface area (Å²) in [7, 11) is -2.67. The molecule has 1 atom stereocenters. The normalized spacial score (nSPS) is 14.1. The highest BCUT2D eigenvalue weighted by Crippen LogP contribution is 2.31. The number of halogens is 1. The maximum atomic E-state index is 14.8. The molecular weight excluding hydrogens is 658 g/mol. The number of ether oxygens (including phenoxy) is 1. The fraction of sp³-hybridized carbons (Fsp3) is 0.333. The molecule has 0 aliphatic heterocycles. The molecule has 10 heteroatoms. The first-order valence-electron chi connectivity index (χ1n) is 16.7. The second kappa shape index (κ2) is 16.4. The van der Waals surface area contributed by atoms with E-state index in [-0.39, 0.29) is 35.5 Å². The minimum atomic E-state index is -4.24. The van der Waals surface area contributed by atoms with E-state index >= 15 is 0 Å². The van der Waals surface area contributed by atoms with E-state index in [0.29, 0.717) is 16.3 Å². The first-order valence-corrected chi connectivity index (χ1v) is 18.5. The molecule has 1 saturated carbocycles. The van der Waals surface area contributed by atoms with E-state index in [2.05, 4.69) is 5.32 Å². The molecule has 0 bridgehead atoms. The van der Waals surface area contributed by atoms with Crippen LogP contribution < -0.4 is 14.4 Å². The van der Waals surface area contributed by atoms with Crippen LogP contribution in [0.1, 0.15) is 54.4 Å². The van der Waals surface area contributed by atoms with Crippen molar-refractivity contribution in [1.82, 2.24) is 10.2 Å². The monoisotopic (exact) mass is 701 g/mol. The number of nitrogens with one attached hydrogen (secondary N) is 1. The minimum Gasteiger partial charge on any atom is -0.497 e. The minimum absolute atomic E-state index is 0.0146. The lowest BCUT2D eigenvalue weighted by Crippen LogP contribution is -2.55. The molecule has 1 N–H and O–H groups in total. The topological polar surface area (TPSA) is 96.0 Å². The van der Waals surface area contributed by atoms with E-state index in [0.717, 1.165) is 53.1 Å². The summed E-state index contributed by atoms with van der Waals surface area (Å²) in [5.41, 5.74) is 3.43. The molecule has 1 aliphatic carbocycles. The van der Waals surface area contributed by atoms with Gasteiger partial charge in [-0.2, -0.15) is 0 Å². The van der Waals surface area contributed by atoms with Crippen molar-refractivity contribution < 1.29 is 22.7 Å². The van der Waals surface area contributed by atoms with Crippen LogP contribution in [0.5, 0.6) is 5.75 Å². The fourth-order valence-corrected chi connectivity index (χ4v) is 7.90. The Morgan fingerprint density at radius 2 is 1.57 bits per heavy atom. The van der Waals surface area contributed by atoms with Crippen LogP contribution in [0.15, 0.2) is 102 Å². The largest absolute Gasteiger partial charge is 0.497 e. The zero-order valence-electron chi connectivity index (χ0n) is 28.3. The van der Waals surface area contributed by atoms with Gasteiger partial charge in [-0.1, -0.05) is 97.1 Å². The Kier molecular flexibility index (Phi) is 12.0. The van der Waals surface area contributed by atoms with Crippen LogP contribution in [0.4, 0.5) is 5.69 Å². The van der Waals surface area contributed by atoms with Gasteiger partial charge in [-0.25, -0.2) is 8.42 Å². The summed E-state index contributed by atoms with van der Waals surface area (Å²) in [6.45, 7) is 3.15. The Bertz CT molecular complexity index is 1840. The molecule has 0 aromatic heterocycles. The number of aryl methyl sites for hydroxylation is 2. The molecule has 5 rings (SSSR count). The van der Waals surface area contributed by atoms with Gasteiger partial charge in [0.15, 0.2) is 0 Å². The quantitative estimate of drug-likeness (QED) is 0.159. The van der Waals surface area contributed by atoms with Crippen molar-refractivity contribution in [3.05, 3.63) is 124 Å². The van der Waals surface area contributed by atoms with Crippen molar-refractivity contribution in [1.29, 1.82) is 0 Å². The van der Waals surface area contributed by atoms with E-state index in [1.807, 2.05) is 61.5 Å². The first-order chi connectivity index (χ1) is 23.5. The van der Waals surface area contributed by atoms with Crippen molar-refractivity contribution in [2.45, 2.75) is 75.9 Å². The molecule has 1 aliphatic rings. The number of sulfonamides is 1. The van der Waals surface area contributed by atoms with Gasteiger partial charge in [0, 0.05) is 24.0 Å². The van der Waals surface area contributed by atoms with Crippen LogP contribution in [-0.2, 0) is 32.6 Å². The smallest absolute Gasteiger partial charge is 0.264 e. The van der Waals surface area contributed by atoms with Crippen LogP contribution >= 0.6 is 11.6 Å². The Balaban J connectivity index is 1.59. The van der Waals surface area contributed by atoms with E-state index in [1.54, 1.807) is 44.4 Å². The summed E-state index contributed by atoms with van der Waals surface area (Å²) in [5.74, 6) is -0.189.